The Balaban J connectivity index is 4.83. The van der Waals surface area contributed by atoms with E-state index in [1.54, 1.807) is 0 Å². The number of alkyl halides is 27. The summed E-state index contributed by atoms with van der Waals surface area (Å²) in [5, 5.41) is -16.2. The minimum atomic E-state index is -9.26. The monoisotopic (exact) mass is 940 g/mol. The van der Waals surface area contributed by atoms with E-state index in [4.69, 9.17) is 0 Å². The van der Waals surface area contributed by atoms with Crippen LogP contribution in [0.25, 0.3) is 0 Å². The zero-order valence-electron chi connectivity index (χ0n) is 23.5. The highest BCUT2D eigenvalue weighted by atomic mass is 32.2. The average Bonchev–Trinajstić information content (AvgIpc) is 2.94. The third kappa shape index (κ3) is 6.33. The first-order valence-corrected chi connectivity index (χ1v) is 15.9. The van der Waals surface area contributed by atoms with Gasteiger partial charge in [0.2, 0.25) is 9.84 Å². The summed E-state index contributed by atoms with van der Waals surface area (Å²) in [5.41, 5.74) is 0. The Labute approximate surface area is 281 Å². The molecule has 0 saturated heterocycles. The van der Waals surface area contributed by atoms with Crippen LogP contribution >= 0.6 is 0 Å². The largest absolute Gasteiger partial charge is 0.505 e. The zero-order valence-corrected chi connectivity index (χ0v) is 25.9. The maximum atomic E-state index is 14.4. The molecule has 0 bridgehead atoms. The van der Waals surface area contributed by atoms with Crippen molar-refractivity contribution < 1.29 is 149 Å². The maximum absolute atomic E-state index is 14.4. The van der Waals surface area contributed by atoms with E-state index >= 15 is 0 Å². The molecule has 0 atom stereocenters. The molecule has 37 heteroatoms. The lowest BCUT2D eigenvalue weighted by molar-refractivity contribution is -0.382. The molecule has 0 spiro atoms. The molecule has 0 saturated carbocycles. The van der Waals surface area contributed by atoms with E-state index in [0.29, 0.717) is 0 Å². The molecule has 0 unspecified atom stereocenters. The second kappa shape index (κ2) is 12.5. The molecule has 7 nitrogen and oxygen atoms in total. The minimum absolute atomic E-state index is 2.43. The van der Waals surface area contributed by atoms with E-state index in [2.05, 4.69) is 0 Å². The van der Waals surface area contributed by atoms with Crippen LogP contribution in [-0.4, -0.2) is 100 Å². The molecule has 0 amide bonds. The van der Waals surface area contributed by atoms with E-state index in [1.165, 1.54) is 0 Å². The molecule has 0 radical (unpaired) electrons. The van der Waals surface area contributed by atoms with Crippen LogP contribution in [0, 0.1) is 0 Å². The fourth-order valence-electron chi connectivity index (χ4n) is 3.14. The number of benzene rings is 1. The normalized spacial score (nSPS) is 16.4. The molecular weight excluding hydrogens is 937 g/mol. The molecule has 1 rings (SSSR count). The van der Waals surface area contributed by atoms with Crippen molar-refractivity contribution in [3.05, 3.63) is 12.1 Å². The van der Waals surface area contributed by atoms with Crippen molar-refractivity contribution in [2.75, 3.05) is 0 Å². The summed E-state index contributed by atoms with van der Waals surface area (Å²) in [6.07, 6.45) is -24.4. The van der Waals surface area contributed by atoms with Gasteiger partial charge in [0.05, 0.1) is 4.90 Å². The highest BCUT2D eigenvalue weighted by Crippen LogP contribution is 2.61. The predicted octanol–water partition coefficient (Wildman–Crippen LogP) is 7.99. The fraction of sp³-hybridized carbons (Fsp3) is 0.667. The van der Waals surface area contributed by atoms with Gasteiger partial charge >= 0.3 is 69.8 Å². The molecule has 55 heavy (non-hydrogen) atoms. The SMILES string of the molecule is O=S(=O)(c1cc(S(=O)(=O)C(F)(F)C(F)(F)C(F)(F)C(F)(F)F)c(O)c(S(=O)(=O)C(F)(F)C(F)(F)C(F)(F)C(F)(F)F)c1)C(F)(F)C(F)(F)C(F)(F)C(F)(F)F. The van der Waals surface area contributed by atoms with Gasteiger partial charge in [-0.15, -0.1) is 0 Å². The number of phenolic OH excluding ortho intramolecular Hbond substituents is 1. The summed E-state index contributed by atoms with van der Waals surface area (Å²) >= 11 is 0. The smallest absolute Gasteiger partial charge is 0.460 e. The quantitative estimate of drug-likeness (QED) is 0.211. The van der Waals surface area contributed by atoms with Crippen LogP contribution in [-0.2, 0) is 29.5 Å². The first-order valence-electron chi connectivity index (χ1n) is 11.5. The molecule has 0 heterocycles. The van der Waals surface area contributed by atoms with Crippen molar-refractivity contribution in [3.8, 4) is 5.75 Å². The minimum Gasteiger partial charge on any atom is -0.505 e. The Morgan fingerprint density at radius 3 is 0.691 bits per heavy atom. The van der Waals surface area contributed by atoms with Crippen LogP contribution in [0.4, 0.5) is 119 Å². The van der Waals surface area contributed by atoms with Crippen LogP contribution in [0.5, 0.6) is 5.75 Å². The molecule has 324 valence electrons. The van der Waals surface area contributed by atoms with Gasteiger partial charge in [-0.2, -0.15) is 119 Å². The lowest BCUT2D eigenvalue weighted by atomic mass is 10.1. The highest BCUT2D eigenvalue weighted by Gasteiger charge is 2.88. The number of rotatable bonds is 12. The van der Waals surface area contributed by atoms with Crippen molar-refractivity contribution >= 4 is 29.5 Å². The Bertz CT molecular complexity index is 1900. The summed E-state index contributed by atoms with van der Waals surface area (Å²) < 4.78 is 435. The number of phenols is 1. The number of hydrogen-bond acceptors (Lipinski definition) is 7. The van der Waals surface area contributed by atoms with E-state index in [-0.39, 0.29) is 0 Å². The first-order chi connectivity index (χ1) is 23.2. The van der Waals surface area contributed by atoms with Gasteiger partial charge in [-0.25, -0.2) is 25.3 Å². The van der Waals surface area contributed by atoms with Gasteiger partial charge in [-0.05, 0) is 12.1 Å². The molecule has 0 aromatic heterocycles. The second-order valence-corrected chi connectivity index (χ2v) is 15.7. The van der Waals surface area contributed by atoms with Crippen LogP contribution in [0.3, 0.4) is 0 Å². The molecule has 1 aromatic carbocycles. The maximum Gasteiger partial charge on any atom is 0.460 e. The van der Waals surface area contributed by atoms with E-state index in [9.17, 15) is 149 Å². The van der Waals surface area contributed by atoms with Crippen LogP contribution < -0.4 is 0 Å². The van der Waals surface area contributed by atoms with Crippen LogP contribution in [0.2, 0.25) is 0 Å². The Morgan fingerprint density at radius 2 is 0.509 bits per heavy atom. The van der Waals surface area contributed by atoms with Crippen LogP contribution in [0.1, 0.15) is 0 Å². The number of aromatic hydroxyl groups is 1. The number of sulfone groups is 3. The lowest BCUT2D eigenvalue weighted by Crippen LogP contribution is -2.63. The Kier molecular flexibility index (Phi) is 11.4. The van der Waals surface area contributed by atoms with Crippen molar-refractivity contribution in [1.82, 2.24) is 0 Å². The van der Waals surface area contributed by atoms with Crippen molar-refractivity contribution in [3.63, 3.8) is 0 Å². The van der Waals surface area contributed by atoms with E-state index in [0.717, 1.165) is 0 Å². The molecule has 0 aliphatic carbocycles. The molecule has 0 aliphatic heterocycles. The summed E-state index contributed by atoms with van der Waals surface area (Å²) in [7, 11) is -27.6. The standard InChI is InChI=1S/C18H3F27O7S3/c19-7(20,13(31,32)33)10(25,26)16(40,41)53(47,48)3-1-4(54(49,50)17(42,43)11(27,28)8(21,22)14(34,35)36)6(46)5(2-3)55(51,52)18(44,45)12(29,30)9(23,24)15(37,38)39/h1-2,46H. The molecule has 1 N–H and O–H groups in total. The third-order valence-electron chi connectivity index (χ3n) is 6.26. The van der Waals surface area contributed by atoms with Crippen molar-refractivity contribution in [1.29, 1.82) is 0 Å². The molecular formula is C18H3F27O7S3. The van der Waals surface area contributed by atoms with Gasteiger partial charge in [0, 0.05) is 0 Å². The predicted molar refractivity (Wildman–Crippen MR) is 112 cm³/mol. The number of hydrogen-bond donors (Lipinski definition) is 1. The van der Waals surface area contributed by atoms with Crippen molar-refractivity contribution in [2.45, 2.75) is 84.5 Å². The van der Waals surface area contributed by atoms with Crippen molar-refractivity contribution in [2.24, 2.45) is 0 Å². The summed E-state index contributed by atoms with van der Waals surface area (Å²) in [4.78, 5) is -13.6. The highest BCUT2D eigenvalue weighted by molar-refractivity contribution is 7.94. The van der Waals surface area contributed by atoms with E-state index < -0.39 is 132 Å². The van der Waals surface area contributed by atoms with Gasteiger partial charge in [0.25, 0.3) is 19.7 Å². The zero-order chi connectivity index (χ0) is 45.2. The lowest BCUT2D eigenvalue weighted by Gasteiger charge is -2.34. The molecule has 0 aliphatic rings. The molecule has 0 fully saturated rings. The summed E-state index contributed by atoms with van der Waals surface area (Å²) in [6.45, 7) is 0. The van der Waals surface area contributed by atoms with Gasteiger partial charge < -0.3 is 5.11 Å². The number of halogens is 27. The summed E-state index contributed by atoms with van der Waals surface area (Å²) in [5.74, 6) is -56.2. The Morgan fingerprint density at radius 1 is 0.327 bits per heavy atom. The van der Waals surface area contributed by atoms with Gasteiger partial charge in [0.15, 0.2) is 5.75 Å². The molecule has 1 aromatic rings. The van der Waals surface area contributed by atoms with Gasteiger partial charge in [-0.3, -0.25) is 0 Å². The summed E-state index contributed by atoms with van der Waals surface area (Å²) in [6, 6.07) is -4.85. The fourth-order valence-corrected chi connectivity index (χ4v) is 7.43. The topological polar surface area (TPSA) is 123 Å². The second-order valence-electron chi connectivity index (χ2n) is 9.77. The average molecular weight is 940 g/mol. The first kappa shape index (κ1) is 50.0. The van der Waals surface area contributed by atoms with Gasteiger partial charge in [-0.1, -0.05) is 0 Å². The van der Waals surface area contributed by atoms with E-state index in [1.807, 2.05) is 0 Å². The van der Waals surface area contributed by atoms with Gasteiger partial charge in [0.1, 0.15) is 9.79 Å². The third-order valence-corrected chi connectivity index (χ3v) is 11.7. The Hall–Kier alpha value is -3.02. The van der Waals surface area contributed by atoms with Crippen LogP contribution in [0.15, 0.2) is 26.8 Å².